The van der Waals surface area contributed by atoms with Gasteiger partial charge in [-0.25, -0.2) is 0 Å². The summed E-state index contributed by atoms with van der Waals surface area (Å²) in [5, 5.41) is 7.40. The molecule has 0 saturated heterocycles. The van der Waals surface area contributed by atoms with Gasteiger partial charge in [0.15, 0.2) is 0 Å². The molecule has 0 amide bonds. The van der Waals surface area contributed by atoms with Crippen LogP contribution in [0.15, 0.2) is 12.3 Å². The zero-order valence-electron chi connectivity index (χ0n) is 5.96. The molecule has 0 saturated carbocycles. The Morgan fingerprint density at radius 1 is 1.60 bits per heavy atom. The van der Waals surface area contributed by atoms with Gasteiger partial charge in [-0.15, -0.1) is 5.10 Å². The first-order valence-electron chi connectivity index (χ1n) is 3.00. The Balaban J connectivity index is 3.07. The molecule has 0 aliphatic rings. The first-order valence-corrected chi connectivity index (χ1v) is 4.91. The van der Waals surface area contributed by atoms with E-state index in [2.05, 4.69) is 10.2 Å². The lowest BCUT2D eigenvalue weighted by Gasteiger charge is -1.93. The van der Waals surface area contributed by atoms with Crippen molar-refractivity contribution in [2.75, 3.05) is 6.66 Å². The number of aryl methyl sites for hydroxylation is 1. The number of hydrogen-bond acceptors (Lipinski definition) is 3. The zero-order valence-corrected chi connectivity index (χ0v) is 6.96. The molecule has 1 aromatic heterocycles. The normalized spacial score (nSPS) is 13.0. The summed E-state index contributed by atoms with van der Waals surface area (Å²) in [5.41, 5.74) is 1.62. The Kier molecular flexibility index (Phi) is 2.17. The van der Waals surface area contributed by atoms with Crippen LogP contribution in [0, 0.1) is 6.92 Å². The smallest absolute Gasteiger partial charge is 0.120 e. The molecule has 0 aliphatic carbocycles. The van der Waals surface area contributed by atoms with Gasteiger partial charge in [0.05, 0.1) is 6.20 Å². The Labute approximate surface area is 60.3 Å². The fourth-order valence-electron chi connectivity index (χ4n) is 0.636. The maximum absolute atomic E-state index is 10.9. The van der Waals surface area contributed by atoms with Gasteiger partial charge in [0.1, 0.15) is 13.2 Å². The summed E-state index contributed by atoms with van der Waals surface area (Å²) in [7, 11) is -1.66. The predicted octanol–water partition coefficient (Wildman–Crippen LogP) is 0.600. The van der Waals surface area contributed by atoms with Gasteiger partial charge in [0.2, 0.25) is 0 Å². The lowest BCUT2D eigenvalue weighted by atomic mass is 10.4. The summed E-state index contributed by atoms with van der Waals surface area (Å²) in [6.07, 6.45) is 1.65. The van der Waals surface area contributed by atoms with Crippen molar-refractivity contribution in [3.05, 3.63) is 17.8 Å². The van der Waals surface area contributed by atoms with E-state index in [1.165, 1.54) is 0 Å². The third kappa shape index (κ3) is 1.64. The van der Waals surface area contributed by atoms with Crippen LogP contribution < -0.4 is 5.44 Å². The summed E-state index contributed by atoms with van der Waals surface area (Å²) in [6.45, 7) is 3.57. The fraction of sp³-hybridized carbons (Fsp3) is 0.333. The largest absolute Gasteiger partial charge is 0.321 e. The molecule has 4 heteroatoms. The molecule has 0 aliphatic heterocycles. The van der Waals surface area contributed by atoms with E-state index in [1.54, 1.807) is 18.9 Å². The minimum Gasteiger partial charge on any atom is -0.321 e. The SMILES string of the molecule is Cc1cnnc([PH](C)=O)c1. The van der Waals surface area contributed by atoms with Crippen molar-refractivity contribution in [3.8, 4) is 0 Å². The number of nitrogens with zero attached hydrogens (tertiary/aromatic N) is 2. The number of aromatic nitrogens is 2. The molecule has 1 aromatic rings. The molecule has 54 valence electrons. The quantitative estimate of drug-likeness (QED) is 0.559. The third-order valence-corrected chi connectivity index (χ3v) is 2.12. The average Bonchev–Trinajstić information content (AvgIpc) is 1.88. The molecule has 0 bridgehead atoms. The Bertz CT molecular complexity index is 262. The highest BCUT2D eigenvalue weighted by Gasteiger charge is 1.97. The molecule has 0 spiro atoms. The Morgan fingerprint density at radius 2 is 2.30 bits per heavy atom. The minimum atomic E-state index is -1.66. The van der Waals surface area contributed by atoms with Crippen molar-refractivity contribution in [2.24, 2.45) is 0 Å². The lowest BCUT2D eigenvalue weighted by molar-refractivity contribution is 0.595. The molecule has 3 nitrogen and oxygen atoms in total. The van der Waals surface area contributed by atoms with Gasteiger partial charge < -0.3 is 4.57 Å². The fourth-order valence-corrected chi connectivity index (χ4v) is 1.27. The van der Waals surface area contributed by atoms with Crippen molar-refractivity contribution in [3.63, 3.8) is 0 Å². The molecule has 0 radical (unpaired) electrons. The zero-order chi connectivity index (χ0) is 7.56. The van der Waals surface area contributed by atoms with Gasteiger partial charge >= 0.3 is 0 Å². The molecule has 10 heavy (non-hydrogen) atoms. The van der Waals surface area contributed by atoms with Gasteiger partial charge in [-0.05, 0) is 25.2 Å². The number of hydrogen-bond donors (Lipinski definition) is 0. The maximum atomic E-state index is 10.9. The number of rotatable bonds is 1. The maximum Gasteiger partial charge on any atom is 0.120 e. The topological polar surface area (TPSA) is 42.9 Å². The third-order valence-electron chi connectivity index (χ3n) is 1.15. The summed E-state index contributed by atoms with van der Waals surface area (Å²) in [5.74, 6) is 0. The van der Waals surface area contributed by atoms with Crippen LogP contribution in [-0.2, 0) is 4.57 Å². The minimum absolute atomic E-state index is 0.616. The van der Waals surface area contributed by atoms with Crippen molar-refractivity contribution >= 4 is 13.2 Å². The van der Waals surface area contributed by atoms with Crippen LogP contribution in [0.25, 0.3) is 0 Å². The first kappa shape index (κ1) is 7.42. The second-order valence-corrected chi connectivity index (χ2v) is 3.80. The van der Waals surface area contributed by atoms with E-state index >= 15 is 0 Å². The molecule has 0 N–H and O–H groups in total. The summed E-state index contributed by atoms with van der Waals surface area (Å²) in [6, 6.07) is 1.80. The van der Waals surface area contributed by atoms with E-state index in [9.17, 15) is 4.57 Å². The van der Waals surface area contributed by atoms with Crippen LogP contribution >= 0.6 is 7.80 Å². The van der Waals surface area contributed by atoms with Crippen molar-refractivity contribution in [1.82, 2.24) is 10.2 Å². The lowest BCUT2D eigenvalue weighted by Crippen LogP contribution is -2.04. The summed E-state index contributed by atoms with van der Waals surface area (Å²) < 4.78 is 10.9. The second kappa shape index (κ2) is 2.93. The predicted molar refractivity (Wildman–Crippen MR) is 41.3 cm³/mol. The highest BCUT2D eigenvalue weighted by molar-refractivity contribution is 7.52. The van der Waals surface area contributed by atoms with Crippen molar-refractivity contribution in [1.29, 1.82) is 0 Å². The Hall–Kier alpha value is -0.690. The van der Waals surface area contributed by atoms with Crippen molar-refractivity contribution < 1.29 is 4.57 Å². The van der Waals surface area contributed by atoms with E-state index in [-0.39, 0.29) is 0 Å². The van der Waals surface area contributed by atoms with E-state index in [1.807, 2.05) is 6.92 Å². The molecular formula is C6H9N2OP. The van der Waals surface area contributed by atoms with E-state index in [0.29, 0.717) is 5.44 Å². The van der Waals surface area contributed by atoms with Gasteiger partial charge in [0, 0.05) is 0 Å². The molecule has 0 fully saturated rings. The van der Waals surface area contributed by atoms with Gasteiger partial charge in [-0.3, -0.25) is 0 Å². The van der Waals surface area contributed by atoms with Crippen molar-refractivity contribution in [2.45, 2.75) is 6.92 Å². The van der Waals surface area contributed by atoms with Gasteiger partial charge in [0.25, 0.3) is 0 Å². The van der Waals surface area contributed by atoms with Crippen LogP contribution in [0.1, 0.15) is 5.56 Å². The highest BCUT2D eigenvalue weighted by Crippen LogP contribution is 2.10. The highest BCUT2D eigenvalue weighted by atomic mass is 31.1. The summed E-state index contributed by atoms with van der Waals surface area (Å²) >= 11 is 0. The second-order valence-electron chi connectivity index (χ2n) is 2.17. The Morgan fingerprint density at radius 3 is 2.70 bits per heavy atom. The van der Waals surface area contributed by atoms with Crippen LogP contribution in [-0.4, -0.2) is 16.9 Å². The molecule has 1 heterocycles. The molecule has 1 unspecified atom stereocenters. The van der Waals surface area contributed by atoms with Crippen LogP contribution in [0.5, 0.6) is 0 Å². The van der Waals surface area contributed by atoms with Crippen LogP contribution in [0.3, 0.4) is 0 Å². The average molecular weight is 156 g/mol. The van der Waals surface area contributed by atoms with E-state index in [0.717, 1.165) is 5.56 Å². The van der Waals surface area contributed by atoms with E-state index in [4.69, 9.17) is 0 Å². The van der Waals surface area contributed by atoms with Gasteiger partial charge in [-0.2, -0.15) is 5.10 Å². The molecular weight excluding hydrogens is 147 g/mol. The molecule has 1 atom stereocenters. The molecule has 0 aromatic carbocycles. The van der Waals surface area contributed by atoms with Gasteiger partial charge in [-0.1, -0.05) is 0 Å². The van der Waals surface area contributed by atoms with E-state index < -0.39 is 7.80 Å². The van der Waals surface area contributed by atoms with Crippen LogP contribution in [0.4, 0.5) is 0 Å². The summed E-state index contributed by atoms with van der Waals surface area (Å²) in [4.78, 5) is 0. The first-order chi connectivity index (χ1) is 4.70. The monoisotopic (exact) mass is 156 g/mol. The standard InChI is InChI=1S/C6H9N2OP/c1-5-3-6(10(2)9)8-7-4-5/h3-4,10H,1-2H3. The van der Waals surface area contributed by atoms with Crippen LogP contribution in [0.2, 0.25) is 0 Å². The molecule has 1 rings (SSSR count).